The van der Waals surface area contributed by atoms with Gasteiger partial charge in [-0.3, -0.25) is 4.79 Å². The van der Waals surface area contributed by atoms with Gasteiger partial charge in [0.25, 0.3) is 5.91 Å². The number of ether oxygens (including phenoxy) is 1. The van der Waals surface area contributed by atoms with Crippen molar-refractivity contribution in [1.82, 2.24) is 15.2 Å². The van der Waals surface area contributed by atoms with E-state index in [9.17, 15) is 4.79 Å². The smallest absolute Gasteiger partial charge is 0.271 e. The van der Waals surface area contributed by atoms with Crippen LogP contribution in [0.4, 0.5) is 0 Å². The Morgan fingerprint density at radius 3 is 2.48 bits per heavy atom. The summed E-state index contributed by atoms with van der Waals surface area (Å²) in [5.41, 5.74) is 6.37. The number of hydrogen-bond donors (Lipinski definition) is 1. The summed E-state index contributed by atoms with van der Waals surface area (Å²) in [6, 6.07) is 24.2. The summed E-state index contributed by atoms with van der Waals surface area (Å²) < 4.78 is 7.47. The van der Waals surface area contributed by atoms with Crippen LogP contribution in [0.15, 0.2) is 90.2 Å². The third-order valence-electron chi connectivity index (χ3n) is 4.84. The third-order valence-corrected chi connectivity index (χ3v) is 5.09. The van der Waals surface area contributed by atoms with E-state index in [4.69, 9.17) is 21.4 Å². The zero-order valence-electron chi connectivity index (χ0n) is 18.1. The molecule has 6 nitrogen and oxygen atoms in total. The summed E-state index contributed by atoms with van der Waals surface area (Å²) in [6.45, 7) is 2.75. The zero-order valence-corrected chi connectivity index (χ0v) is 18.9. The number of hydrogen-bond acceptors (Lipinski definition) is 4. The summed E-state index contributed by atoms with van der Waals surface area (Å²) in [7, 11) is 0. The highest BCUT2D eigenvalue weighted by Crippen LogP contribution is 2.25. The van der Waals surface area contributed by atoms with Gasteiger partial charge in [0.15, 0.2) is 0 Å². The van der Waals surface area contributed by atoms with E-state index in [0.29, 0.717) is 17.2 Å². The molecule has 7 heteroatoms. The van der Waals surface area contributed by atoms with Crippen LogP contribution < -0.4 is 10.2 Å². The molecule has 0 fully saturated rings. The highest BCUT2D eigenvalue weighted by atomic mass is 35.5. The number of carbonyl (C=O) groups excluding carboxylic acids is 1. The van der Waals surface area contributed by atoms with Gasteiger partial charge in [-0.25, -0.2) is 10.1 Å². The van der Waals surface area contributed by atoms with Gasteiger partial charge in [-0.2, -0.15) is 10.2 Å². The fourth-order valence-corrected chi connectivity index (χ4v) is 3.30. The lowest BCUT2D eigenvalue weighted by Crippen LogP contribution is -2.17. The van der Waals surface area contributed by atoms with Crippen LogP contribution in [-0.2, 0) is 0 Å². The molecule has 1 amide bonds. The van der Waals surface area contributed by atoms with Gasteiger partial charge in [-0.1, -0.05) is 36.7 Å². The number of aromatic nitrogens is 2. The molecule has 33 heavy (non-hydrogen) atoms. The van der Waals surface area contributed by atoms with Gasteiger partial charge in [0.05, 0.1) is 18.5 Å². The first-order valence-electron chi connectivity index (χ1n) is 10.6. The second-order valence-electron chi connectivity index (χ2n) is 7.29. The molecule has 0 saturated heterocycles. The molecule has 3 aromatic carbocycles. The SMILES string of the molecule is CCCOc1ccc(-c2nn(-c3ccccc3)cc2C=NNC(=O)c2ccc(Cl)cc2)cc1. The number of halogens is 1. The van der Waals surface area contributed by atoms with Gasteiger partial charge in [-0.05, 0) is 67.1 Å². The Balaban J connectivity index is 1.60. The van der Waals surface area contributed by atoms with Crippen LogP contribution in [0.3, 0.4) is 0 Å². The molecule has 1 N–H and O–H groups in total. The summed E-state index contributed by atoms with van der Waals surface area (Å²) >= 11 is 5.89. The van der Waals surface area contributed by atoms with Crippen molar-refractivity contribution in [1.29, 1.82) is 0 Å². The predicted octanol–water partition coefficient (Wildman–Crippen LogP) is 5.75. The monoisotopic (exact) mass is 458 g/mol. The Bertz CT molecular complexity index is 1230. The second kappa shape index (κ2) is 10.6. The standard InChI is InChI=1S/C26H23ClN4O2/c1-2-16-33-24-14-10-19(11-15-24)25-21(18-31(30-25)23-6-4-3-5-7-23)17-28-29-26(32)20-8-12-22(27)13-9-20/h3-15,17-18H,2,16H2,1H3,(H,29,32). The molecule has 0 atom stereocenters. The molecule has 166 valence electrons. The topological polar surface area (TPSA) is 68.5 Å². The van der Waals surface area contributed by atoms with E-state index in [1.807, 2.05) is 60.8 Å². The Kier molecular flexibility index (Phi) is 7.17. The highest BCUT2D eigenvalue weighted by molar-refractivity contribution is 6.30. The van der Waals surface area contributed by atoms with Crippen molar-refractivity contribution in [3.63, 3.8) is 0 Å². The van der Waals surface area contributed by atoms with Gasteiger partial charge in [0.1, 0.15) is 11.4 Å². The summed E-state index contributed by atoms with van der Waals surface area (Å²) in [6.07, 6.45) is 4.42. The molecule has 1 aromatic heterocycles. The lowest BCUT2D eigenvalue weighted by atomic mass is 10.1. The molecule has 0 aliphatic rings. The average Bonchev–Trinajstić information content (AvgIpc) is 3.28. The van der Waals surface area contributed by atoms with Crippen LogP contribution >= 0.6 is 11.6 Å². The molecular formula is C26H23ClN4O2. The van der Waals surface area contributed by atoms with E-state index < -0.39 is 0 Å². The second-order valence-corrected chi connectivity index (χ2v) is 7.73. The maximum absolute atomic E-state index is 12.3. The van der Waals surface area contributed by atoms with Gasteiger partial charge in [0.2, 0.25) is 0 Å². The van der Waals surface area contributed by atoms with Crippen LogP contribution in [0.25, 0.3) is 16.9 Å². The van der Waals surface area contributed by atoms with Crippen molar-refractivity contribution in [2.24, 2.45) is 5.10 Å². The molecule has 1 heterocycles. The summed E-state index contributed by atoms with van der Waals surface area (Å²) in [5.74, 6) is 0.492. The normalized spacial score (nSPS) is 11.0. The lowest BCUT2D eigenvalue weighted by Gasteiger charge is -2.05. The first-order chi connectivity index (χ1) is 16.1. The van der Waals surface area contributed by atoms with Gasteiger partial charge < -0.3 is 4.74 Å². The molecule has 0 aliphatic heterocycles. The highest BCUT2D eigenvalue weighted by Gasteiger charge is 2.12. The number of amides is 1. The summed E-state index contributed by atoms with van der Waals surface area (Å²) in [5, 5.41) is 9.49. The molecule has 0 spiro atoms. The number of nitrogens with one attached hydrogen (secondary N) is 1. The molecule has 0 bridgehead atoms. The minimum atomic E-state index is -0.322. The van der Waals surface area contributed by atoms with Crippen molar-refractivity contribution in [2.75, 3.05) is 6.61 Å². The van der Waals surface area contributed by atoms with E-state index in [1.165, 1.54) is 0 Å². The van der Waals surface area contributed by atoms with Crippen LogP contribution in [0.2, 0.25) is 5.02 Å². The Morgan fingerprint density at radius 1 is 1.06 bits per heavy atom. The molecular weight excluding hydrogens is 436 g/mol. The molecule has 0 aliphatic carbocycles. The van der Waals surface area contributed by atoms with Crippen LogP contribution in [0.1, 0.15) is 29.3 Å². The van der Waals surface area contributed by atoms with Crippen LogP contribution in [-0.4, -0.2) is 28.5 Å². The van der Waals surface area contributed by atoms with E-state index in [1.54, 1.807) is 35.2 Å². The maximum Gasteiger partial charge on any atom is 0.271 e. The van der Waals surface area contributed by atoms with Crippen molar-refractivity contribution >= 4 is 23.7 Å². The van der Waals surface area contributed by atoms with E-state index >= 15 is 0 Å². The average molecular weight is 459 g/mol. The van der Waals surface area contributed by atoms with Crippen LogP contribution in [0.5, 0.6) is 5.75 Å². The van der Waals surface area contributed by atoms with Gasteiger partial charge in [-0.15, -0.1) is 0 Å². The van der Waals surface area contributed by atoms with Crippen molar-refractivity contribution in [3.05, 3.63) is 101 Å². The van der Waals surface area contributed by atoms with Crippen molar-refractivity contribution < 1.29 is 9.53 Å². The number of carbonyl (C=O) groups is 1. The lowest BCUT2D eigenvalue weighted by molar-refractivity contribution is 0.0955. The fraction of sp³-hybridized carbons (Fsp3) is 0.115. The Hall–Kier alpha value is -3.90. The van der Waals surface area contributed by atoms with Gasteiger partial charge in [0, 0.05) is 27.9 Å². The number of benzene rings is 3. The maximum atomic E-state index is 12.3. The van der Waals surface area contributed by atoms with E-state index in [2.05, 4.69) is 17.5 Å². The minimum Gasteiger partial charge on any atom is -0.494 e. The molecule has 4 aromatic rings. The third kappa shape index (κ3) is 5.67. The minimum absolute atomic E-state index is 0.322. The predicted molar refractivity (Wildman–Crippen MR) is 131 cm³/mol. The number of hydrazone groups is 1. The number of rotatable bonds is 8. The van der Waals surface area contributed by atoms with Crippen LogP contribution in [0, 0.1) is 0 Å². The molecule has 0 radical (unpaired) electrons. The summed E-state index contributed by atoms with van der Waals surface area (Å²) in [4.78, 5) is 12.3. The Labute approximate surface area is 197 Å². The van der Waals surface area contributed by atoms with Gasteiger partial charge >= 0.3 is 0 Å². The van der Waals surface area contributed by atoms with Crippen molar-refractivity contribution in [2.45, 2.75) is 13.3 Å². The quantitative estimate of drug-likeness (QED) is 0.270. The van der Waals surface area contributed by atoms with E-state index in [0.717, 1.165) is 34.7 Å². The first kappa shape index (κ1) is 22.3. The van der Waals surface area contributed by atoms with E-state index in [-0.39, 0.29) is 5.91 Å². The number of nitrogens with zero attached hydrogens (tertiary/aromatic N) is 3. The fourth-order valence-electron chi connectivity index (χ4n) is 3.17. The molecule has 4 rings (SSSR count). The zero-order chi connectivity index (χ0) is 23.0. The molecule has 0 saturated carbocycles. The van der Waals surface area contributed by atoms with Crippen molar-refractivity contribution in [3.8, 4) is 22.7 Å². The first-order valence-corrected chi connectivity index (χ1v) is 11.0. The Morgan fingerprint density at radius 2 is 1.79 bits per heavy atom. The largest absolute Gasteiger partial charge is 0.494 e. The number of para-hydroxylation sites is 1. The molecule has 0 unspecified atom stereocenters.